The number of hydrogen-bond acceptors (Lipinski definition) is 2. The Hall–Kier alpha value is -2.46. The maximum atomic E-state index is 13.0. The van der Waals surface area contributed by atoms with Gasteiger partial charge in [0.05, 0.1) is 18.7 Å². The van der Waals surface area contributed by atoms with Gasteiger partial charge in [0.2, 0.25) is 5.91 Å². The maximum absolute atomic E-state index is 13.0. The minimum absolute atomic E-state index is 0.0497. The van der Waals surface area contributed by atoms with E-state index in [0.29, 0.717) is 6.42 Å². The molecule has 4 heteroatoms. The Morgan fingerprint density at radius 2 is 1.80 bits per heavy atom. The molecule has 2 heterocycles. The minimum Gasteiger partial charge on any atom is -0.320 e. The SMILES string of the molecule is Cc1ccc(N2C(=O)C[C@H]([NH+]3CCc4ccccc4C3)C2=O)c(C)c1. The van der Waals surface area contributed by atoms with Crippen molar-refractivity contribution >= 4 is 17.5 Å². The fourth-order valence-electron chi connectivity index (χ4n) is 4.16. The Bertz CT molecular complexity index is 859. The number of amides is 2. The summed E-state index contributed by atoms with van der Waals surface area (Å²) in [6.45, 7) is 5.70. The zero-order valence-corrected chi connectivity index (χ0v) is 14.7. The molecule has 1 unspecified atom stereocenters. The molecule has 4 rings (SSSR count). The molecule has 1 saturated heterocycles. The molecule has 1 fully saturated rings. The van der Waals surface area contributed by atoms with E-state index in [9.17, 15) is 9.59 Å². The van der Waals surface area contributed by atoms with Crippen LogP contribution in [0.1, 0.15) is 28.7 Å². The Kier molecular flexibility index (Phi) is 3.92. The van der Waals surface area contributed by atoms with Gasteiger partial charge in [-0.05, 0) is 31.0 Å². The van der Waals surface area contributed by atoms with Gasteiger partial charge in [-0.15, -0.1) is 0 Å². The predicted molar refractivity (Wildman–Crippen MR) is 96.5 cm³/mol. The van der Waals surface area contributed by atoms with Gasteiger partial charge in [-0.2, -0.15) is 0 Å². The average Bonchev–Trinajstić information content (AvgIpc) is 2.89. The van der Waals surface area contributed by atoms with Crippen LogP contribution in [0.25, 0.3) is 0 Å². The Balaban J connectivity index is 1.60. The molecular weight excluding hydrogens is 312 g/mol. The molecule has 0 spiro atoms. The molecule has 2 aromatic carbocycles. The number of anilines is 1. The van der Waals surface area contributed by atoms with Crippen molar-refractivity contribution in [3.63, 3.8) is 0 Å². The third kappa shape index (κ3) is 2.76. The average molecular weight is 335 g/mol. The van der Waals surface area contributed by atoms with Crippen LogP contribution in [-0.2, 0) is 22.6 Å². The summed E-state index contributed by atoms with van der Waals surface area (Å²) < 4.78 is 0. The van der Waals surface area contributed by atoms with E-state index in [1.54, 1.807) is 0 Å². The number of benzene rings is 2. The van der Waals surface area contributed by atoms with Crippen molar-refractivity contribution in [3.8, 4) is 0 Å². The van der Waals surface area contributed by atoms with Crippen LogP contribution in [-0.4, -0.2) is 24.4 Å². The topological polar surface area (TPSA) is 41.8 Å². The summed E-state index contributed by atoms with van der Waals surface area (Å²) in [7, 11) is 0. The first-order chi connectivity index (χ1) is 12.0. The zero-order valence-electron chi connectivity index (χ0n) is 14.7. The van der Waals surface area contributed by atoms with Crippen LogP contribution < -0.4 is 9.80 Å². The van der Waals surface area contributed by atoms with E-state index < -0.39 is 0 Å². The number of nitrogens with one attached hydrogen (secondary N) is 1. The van der Waals surface area contributed by atoms with Gasteiger partial charge in [0, 0.05) is 12.0 Å². The van der Waals surface area contributed by atoms with Gasteiger partial charge in [-0.3, -0.25) is 9.59 Å². The van der Waals surface area contributed by atoms with Gasteiger partial charge in [0.25, 0.3) is 5.91 Å². The lowest BCUT2D eigenvalue weighted by Gasteiger charge is -2.29. The fraction of sp³-hybridized carbons (Fsp3) is 0.333. The number of nitrogens with zero attached hydrogens (tertiary/aromatic N) is 1. The maximum Gasteiger partial charge on any atom is 0.292 e. The molecule has 25 heavy (non-hydrogen) atoms. The summed E-state index contributed by atoms with van der Waals surface area (Å²) in [5.74, 6) is -0.125. The largest absolute Gasteiger partial charge is 0.320 e. The molecule has 0 saturated carbocycles. The fourth-order valence-corrected chi connectivity index (χ4v) is 4.16. The highest BCUT2D eigenvalue weighted by molar-refractivity contribution is 6.22. The van der Waals surface area contributed by atoms with Gasteiger partial charge >= 0.3 is 0 Å². The van der Waals surface area contributed by atoms with Gasteiger partial charge in [-0.25, -0.2) is 4.90 Å². The summed E-state index contributed by atoms with van der Waals surface area (Å²) in [5.41, 5.74) is 5.51. The van der Waals surface area contributed by atoms with E-state index in [1.807, 2.05) is 38.1 Å². The first-order valence-corrected chi connectivity index (χ1v) is 8.90. The van der Waals surface area contributed by atoms with Crippen LogP contribution in [0.4, 0.5) is 5.69 Å². The van der Waals surface area contributed by atoms with Gasteiger partial charge in [0.1, 0.15) is 6.54 Å². The number of carbonyl (C=O) groups excluding carboxylic acids is 2. The summed E-state index contributed by atoms with van der Waals surface area (Å²) in [6.07, 6.45) is 1.27. The molecule has 2 atom stereocenters. The predicted octanol–water partition coefficient (Wildman–Crippen LogP) is 1.58. The quantitative estimate of drug-likeness (QED) is 0.847. The first-order valence-electron chi connectivity index (χ1n) is 8.90. The zero-order chi connectivity index (χ0) is 17.6. The summed E-state index contributed by atoms with van der Waals surface area (Å²) in [5, 5.41) is 0. The van der Waals surface area contributed by atoms with Crippen molar-refractivity contribution in [1.29, 1.82) is 0 Å². The third-order valence-electron chi connectivity index (χ3n) is 5.48. The van der Waals surface area contributed by atoms with Crippen LogP contribution in [0.3, 0.4) is 0 Å². The van der Waals surface area contributed by atoms with E-state index in [4.69, 9.17) is 0 Å². The second kappa shape index (κ2) is 6.12. The Morgan fingerprint density at radius 3 is 2.56 bits per heavy atom. The van der Waals surface area contributed by atoms with Crippen LogP contribution >= 0.6 is 0 Å². The molecule has 1 N–H and O–H groups in total. The Labute approximate surface area is 148 Å². The second-order valence-corrected chi connectivity index (χ2v) is 7.22. The van der Waals surface area contributed by atoms with Gasteiger partial charge in [0.15, 0.2) is 6.04 Å². The van der Waals surface area contributed by atoms with Crippen molar-refractivity contribution in [2.75, 3.05) is 11.4 Å². The summed E-state index contributed by atoms with van der Waals surface area (Å²) in [4.78, 5) is 28.3. The number of carbonyl (C=O) groups is 2. The van der Waals surface area contributed by atoms with Gasteiger partial charge in [-0.1, -0.05) is 42.0 Å². The number of imide groups is 1. The number of fused-ring (bicyclic) bond motifs is 1. The normalized spacial score (nSPS) is 23.0. The molecular formula is C21H23N2O2+. The first kappa shape index (κ1) is 16.0. The van der Waals surface area contributed by atoms with Crippen molar-refractivity contribution in [2.45, 2.75) is 39.3 Å². The molecule has 0 aliphatic carbocycles. The molecule has 0 aromatic heterocycles. The van der Waals surface area contributed by atoms with Crippen molar-refractivity contribution in [2.24, 2.45) is 0 Å². The molecule has 2 amide bonds. The van der Waals surface area contributed by atoms with Crippen molar-refractivity contribution in [3.05, 3.63) is 64.7 Å². The van der Waals surface area contributed by atoms with E-state index in [2.05, 4.69) is 18.2 Å². The minimum atomic E-state index is -0.262. The molecule has 0 radical (unpaired) electrons. The standard InChI is InChI=1S/C21H22N2O2/c1-14-7-8-18(15(2)11-14)23-20(24)12-19(21(23)25)22-10-9-16-5-3-4-6-17(16)13-22/h3-8,11,19H,9-10,12-13H2,1-2H3/p+1/t19-/m0/s1. The van der Waals surface area contributed by atoms with Crippen molar-refractivity contribution < 1.29 is 14.5 Å². The van der Waals surface area contributed by atoms with Gasteiger partial charge < -0.3 is 4.90 Å². The highest BCUT2D eigenvalue weighted by Crippen LogP contribution is 2.26. The number of aryl methyl sites for hydroxylation is 2. The lowest BCUT2D eigenvalue weighted by atomic mass is 9.98. The third-order valence-corrected chi connectivity index (χ3v) is 5.48. The Morgan fingerprint density at radius 1 is 1.04 bits per heavy atom. The summed E-state index contributed by atoms with van der Waals surface area (Å²) in [6, 6.07) is 14.0. The van der Waals surface area contributed by atoms with E-state index >= 15 is 0 Å². The molecule has 2 aliphatic heterocycles. The lowest BCUT2D eigenvalue weighted by Crippen LogP contribution is -3.16. The van der Waals surface area contributed by atoms with Crippen LogP contribution in [0.5, 0.6) is 0 Å². The molecule has 4 nitrogen and oxygen atoms in total. The summed E-state index contributed by atoms with van der Waals surface area (Å²) >= 11 is 0. The molecule has 0 bridgehead atoms. The smallest absolute Gasteiger partial charge is 0.292 e. The lowest BCUT2D eigenvalue weighted by molar-refractivity contribution is -0.930. The second-order valence-electron chi connectivity index (χ2n) is 7.22. The number of hydrogen-bond donors (Lipinski definition) is 1. The highest BCUT2D eigenvalue weighted by Gasteiger charge is 2.46. The van der Waals surface area contributed by atoms with E-state index in [0.717, 1.165) is 36.3 Å². The van der Waals surface area contributed by atoms with E-state index in [-0.39, 0.29) is 17.9 Å². The van der Waals surface area contributed by atoms with Crippen LogP contribution in [0, 0.1) is 13.8 Å². The monoisotopic (exact) mass is 335 g/mol. The molecule has 2 aromatic rings. The number of quaternary nitrogens is 1. The molecule has 128 valence electrons. The number of rotatable bonds is 2. The van der Waals surface area contributed by atoms with E-state index in [1.165, 1.54) is 20.9 Å². The van der Waals surface area contributed by atoms with Crippen molar-refractivity contribution in [1.82, 2.24) is 0 Å². The molecule has 2 aliphatic rings. The van der Waals surface area contributed by atoms with Crippen LogP contribution in [0.2, 0.25) is 0 Å². The van der Waals surface area contributed by atoms with Crippen LogP contribution in [0.15, 0.2) is 42.5 Å². The highest BCUT2D eigenvalue weighted by atomic mass is 16.2.